The molecule has 6 heteroatoms. The van der Waals surface area contributed by atoms with Gasteiger partial charge in [-0.3, -0.25) is 4.79 Å². The van der Waals surface area contributed by atoms with Gasteiger partial charge in [0.2, 0.25) is 0 Å². The van der Waals surface area contributed by atoms with Crippen molar-refractivity contribution < 1.29 is 4.79 Å². The van der Waals surface area contributed by atoms with E-state index < -0.39 is 0 Å². The van der Waals surface area contributed by atoms with Crippen LogP contribution in [0.25, 0.3) is 0 Å². The van der Waals surface area contributed by atoms with Crippen molar-refractivity contribution in [3.63, 3.8) is 0 Å². The van der Waals surface area contributed by atoms with Crippen molar-refractivity contribution in [1.82, 2.24) is 15.6 Å². The molecular formula is C13H20BrN3OS. The number of thiazole rings is 1. The molecule has 19 heavy (non-hydrogen) atoms. The van der Waals surface area contributed by atoms with Gasteiger partial charge < -0.3 is 10.6 Å². The summed E-state index contributed by atoms with van der Waals surface area (Å²) < 4.78 is 0.825. The van der Waals surface area contributed by atoms with Crippen LogP contribution in [0, 0.1) is 0 Å². The average Bonchev–Trinajstić information content (AvgIpc) is 2.81. The Labute approximate surface area is 126 Å². The quantitative estimate of drug-likeness (QED) is 0.881. The lowest BCUT2D eigenvalue weighted by atomic mass is 9.99. The van der Waals surface area contributed by atoms with Gasteiger partial charge in [-0.15, -0.1) is 11.3 Å². The summed E-state index contributed by atoms with van der Waals surface area (Å²) in [6, 6.07) is 0.507. The van der Waals surface area contributed by atoms with E-state index in [2.05, 4.69) is 38.5 Å². The summed E-state index contributed by atoms with van der Waals surface area (Å²) in [7, 11) is 0. The molecule has 0 aromatic carbocycles. The normalized spacial score (nSPS) is 21.1. The fourth-order valence-electron chi connectivity index (χ4n) is 2.32. The summed E-state index contributed by atoms with van der Waals surface area (Å²) in [5.74, 6) is -0.0808. The number of piperidine rings is 1. The molecule has 4 nitrogen and oxygen atoms in total. The second kappa shape index (κ2) is 6.81. The molecule has 0 aliphatic carbocycles. The van der Waals surface area contributed by atoms with E-state index in [-0.39, 0.29) is 11.9 Å². The lowest BCUT2D eigenvalue weighted by Gasteiger charge is -2.29. The lowest BCUT2D eigenvalue weighted by Crippen LogP contribution is -2.50. The van der Waals surface area contributed by atoms with E-state index in [0.29, 0.717) is 11.7 Å². The number of carbonyl (C=O) groups is 1. The first-order valence-electron chi connectivity index (χ1n) is 6.81. The maximum atomic E-state index is 12.2. The van der Waals surface area contributed by atoms with E-state index in [4.69, 9.17) is 0 Å². The first-order valence-corrected chi connectivity index (χ1v) is 8.42. The number of nitrogens with one attached hydrogen (secondary N) is 2. The molecule has 2 rings (SSSR count). The van der Waals surface area contributed by atoms with Gasteiger partial charge in [0.05, 0.1) is 5.01 Å². The zero-order valence-electron chi connectivity index (χ0n) is 11.3. The van der Waals surface area contributed by atoms with Gasteiger partial charge in [-0.25, -0.2) is 4.98 Å². The molecule has 2 atom stereocenters. The summed E-state index contributed by atoms with van der Waals surface area (Å²) in [4.78, 5) is 16.6. The van der Waals surface area contributed by atoms with Crippen molar-refractivity contribution >= 4 is 33.2 Å². The third-order valence-corrected chi connectivity index (χ3v) is 5.31. The summed E-state index contributed by atoms with van der Waals surface area (Å²) >= 11 is 4.96. The molecule has 0 saturated carbocycles. The van der Waals surface area contributed by atoms with Crippen LogP contribution in [0.15, 0.2) is 3.79 Å². The maximum absolute atomic E-state index is 12.2. The molecule has 1 aliphatic rings. The van der Waals surface area contributed by atoms with Crippen LogP contribution in [0.3, 0.4) is 0 Å². The summed E-state index contributed by atoms with van der Waals surface area (Å²) in [5.41, 5.74) is 0.518. The van der Waals surface area contributed by atoms with Gasteiger partial charge in [0, 0.05) is 12.1 Å². The molecule has 0 spiro atoms. The first-order chi connectivity index (χ1) is 9.11. The zero-order valence-corrected chi connectivity index (χ0v) is 13.7. The van der Waals surface area contributed by atoms with Gasteiger partial charge in [0.25, 0.3) is 5.91 Å². The Hall–Kier alpha value is -0.460. The van der Waals surface area contributed by atoms with Gasteiger partial charge in [-0.2, -0.15) is 0 Å². The van der Waals surface area contributed by atoms with Crippen LogP contribution in [0.1, 0.15) is 48.6 Å². The van der Waals surface area contributed by atoms with Crippen LogP contribution in [-0.4, -0.2) is 29.5 Å². The first kappa shape index (κ1) is 14.9. The summed E-state index contributed by atoms with van der Waals surface area (Å²) in [5, 5.41) is 7.51. The van der Waals surface area contributed by atoms with Crippen molar-refractivity contribution in [1.29, 1.82) is 0 Å². The number of aromatic nitrogens is 1. The second-order valence-corrected chi connectivity index (χ2v) is 7.30. The van der Waals surface area contributed by atoms with E-state index in [0.717, 1.165) is 28.2 Å². The zero-order chi connectivity index (χ0) is 13.8. The predicted molar refractivity (Wildman–Crippen MR) is 81.8 cm³/mol. The molecule has 1 amide bonds. The van der Waals surface area contributed by atoms with Crippen LogP contribution in [0.5, 0.6) is 0 Å². The molecule has 1 fully saturated rings. The minimum atomic E-state index is -0.0808. The van der Waals surface area contributed by atoms with Crippen LogP contribution >= 0.6 is 27.3 Å². The maximum Gasteiger partial charge on any atom is 0.272 e. The van der Waals surface area contributed by atoms with E-state index in [1.807, 2.05) is 6.92 Å². The average molecular weight is 346 g/mol. The molecule has 1 saturated heterocycles. The van der Waals surface area contributed by atoms with E-state index >= 15 is 0 Å². The Morgan fingerprint density at radius 1 is 1.63 bits per heavy atom. The van der Waals surface area contributed by atoms with Crippen LogP contribution in [0.2, 0.25) is 0 Å². The fourth-order valence-corrected chi connectivity index (χ4v) is 3.87. The summed E-state index contributed by atoms with van der Waals surface area (Å²) in [6.45, 7) is 5.15. The van der Waals surface area contributed by atoms with Crippen molar-refractivity contribution in [2.75, 3.05) is 6.54 Å². The number of amides is 1. The molecule has 1 aliphatic heterocycles. The number of aryl methyl sites for hydroxylation is 1. The van der Waals surface area contributed by atoms with E-state index in [1.165, 1.54) is 24.2 Å². The number of carbonyl (C=O) groups excluding carboxylic acids is 1. The van der Waals surface area contributed by atoms with E-state index in [1.54, 1.807) is 0 Å². The largest absolute Gasteiger partial charge is 0.347 e. The van der Waals surface area contributed by atoms with Crippen LogP contribution in [-0.2, 0) is 6.42 Å². The fraction of sp³-hybridized carbons (Fsp3) is 0.692. The SMILES string of the molecule is CCc1nc(C(=O)NC(C)C2CCCCN2)c(Br)s1. The molecule has 106 valence electrons. The van der Waals surface area contributed by atoms with Gasteiger partial charge >= 0.3 is 0 Å². The van der Waals surface area contributed by atoms with Gasteiger partial charge in [-0.05, 0) is 48.7 Å². The van der Waals surface area contributed by atoms with Gasteiger partial charge in [0.1, 0.15) is 3.79 Å². The number of halogens is 1. The topological polar surface area (TPSA) is 54.0 Å². The third kappa shape index (κ3) is 3.77. The van der Waals surface area contributed by atoms with Gasteiger partial charge in [0.15, 0.2) is 5.69 Å². The number of rotatable bonds is 4. The smallest absolute Gasteiger partial charge is 0.272 e. The lowest BCUT2D eigenvalue weighted by molar-refractivity contribution is 0.0923. The molecule has 2 N–H and O–H groups in total. The number of nitrogens with zero attached hydrogens (tertiary/aromatic N) is 1. The molecule has 0 bridgehead atoms. The highest BCUT2D eigenvalue weighted by Crippen LogP contribution is 2.25. The molecule has 0 radical (unpaired) electrons. The van der Waals surface area contributed by atoms with Crippen molar-refractivity contribution in [2.45, 2.75) is 51.6 Å². The molecule has 2 heterocycles. The predicted octanol–water partition coefficient (Wildman–Crippen LogP) is 2.73. The van der Waals surface area contributed by atoms with Crippen LogP contribution < -0.4 is 10.6 Å². The van der Waals surface area contributed by atoms with Crippen molar-refractivity contribution in [3.05, 3.63) is 14.5 Å². The number of hydrogen-bond acceptors (Lipinski definition) is 4. The Balaban J connectivity index is 1.97. The van der Waals surface area contributed by atoms with Crippen molar-refractivity contribution in [3.8, 4) is 0 Å². The molecule has 2 unspecified atom stereocenters. The Kier molecular flexibility index (Phi) is 5.36. The monoisotopic (exact) mass is 345 g/mol. The van der Waals surface area contributed by atoms with Crippen LogP contribution in [0.4, 0.5) is 0 Å². The van der Waals surface area contributed by atoms with Gasteiger partial charge in [-0.1, -0.05) is 13.3 Å². The standard InChI is InChI=1S/C13H20BrN3OS/c1-3-10-17-11(12(14)19-10)13(18)16-8(2)9-6-4-5-7-15-9/h8-9,15H,3-7H2,1-2H3,(H,16,18). The Morgan fingerprint density at radius 3 is 3.00 bits per heavy atom. The molecule has 1 aromatic heterocycles. The molecule has 1 aromatic rings. The number of hydrogen-bond donors (Lipinski definition) is 2. The third-order valence-electron chi connectivity index (χ3n) is 3.46. The minimum Gasteiger partial charge on any atom is -0.347 e. The highest BCUT2D eigenvalue weighted by Gasteiger charge is 2.23. The molecular weight excluding hydrogens is 326 g/mol. The highest BCUT2D eigenvalue weighted by molar-refractivity contribution is 9.11. The second-order valence-electron chi connectivity index (χ2n) is 4.90. The highest BCUT2D eigenvalue weighted by atomic mass is 79.9. The summed E-state index contributed by atoms with van der Waals surface area (Å²) in [6.07, 6.45) is 4.45. The van der Waals surface area contributed by atoms with E-state index in [9.17, 15) is 4.79 Å². The Morgan fingerprint density at radius 2 is 2.42 bits per heavy atom. The minimum absolute atomic E-state index is 0.0808. The Bertz CT molecular complexity index is 443. The van der Waals surface area contributed by atoms with Crippen molar-refractivity contribution in [2.24, 2.45) is 0 Å².